The van der Waals surface area contributed by atoms with Crippen molar-refractivity contribution in [2.75, 3.05) is 18.4 Å². The quantitative estimate of drug-likeness (QED) is 0.364. The van der Waals surface area contributed by atoms with Crippen LogP contribution in [0.5, 0.6) is 0 Å². The van der Waals surface area contributed by atoms with Gasteiger partial charge < -0.3 is 5.32 Å². The summed E-state index contributed by atoms with van der Waals surface area (Å²) in [6, 6.07) is 14.9. The molecule has 0 atom stereocenters. The van der Waals surface area contributed by atoms with Crippen molar-refractivity contribution in [2.24, 2.45) is 0 Å². The van der Waals surface area contributed by atoms with Crippen molar-refractivity contribution in [1.29, 1.82) is 0 Å². The lowest BCUT2D eigenvalue weighted by Crippen LogP contribution is -2.35. The van der Waals surface area contributed by atoms with Crippen LogP contribution >= 0.6 is 0 Å². The van der Waals surface area contributed by atoms with Gasteiger partial charge >= 0.3 is 0 Å². The first kappa shape index (κ1) is 26.1. The van der Waals surface area contributed by atoms with Gasteiger partial charge in [-0.05, 0) is 74.9 Å². The average molecular weight is 532 g/mol. The number of hydrogen-bond acceptors (Lipinski definition) is 5. The summed E-state index contributed by atoms with van der Waals surface area (Å²) in [6.07, 6.45) is 3.53. The topological polar surface area (TPSA) is 96.7 Å². The Morgan fingerprint density at radius 3 is 2.47 bits per heavy atom. The number of aryl methyl sites for hydroxylation is 4. The van der Waals surface area contributed by atoms with Gasteiger partial charge in [0.15, 0.2) is 11.3 Å². The van der Waals surface area contributed by atoms with E-state index in [1.807, 2.05) is 57.2 Å². The Kier molecular flexibility index (Phi) is 7.07. The van der Waals surface area contributed by atoms with E-state index in [0.29, 0.717) is 35.4 Å². The van der Waals surface area contributed by atoms with Crippen LogP contribution < -0.4 is 5.32 Å². The second-order valence-corrected chi connectivity index (χ2v) is 11.8. The molecule has 0 saturated carbocycles. The van der Waals surface area contributed by atoms with Gasteiger partial charge in [0.1, 0.15) is 0 Å². The predicted molar refractivity (Wildman–Crippen MR) is 149 cm³/mol. The molecule has 9 heteroatoms. The zero-order valence-electron chi connectivity index (χ0n) is 22.3. The molecule has 0 unspecified atom stereocenters. The Balaban J connectivity index is 1.67. The molecule has 1 aliphatic heterocycles. The maximum atomic E-state index is 13.7. The molecule has 2 aromatic carbocycles. The summed E-state index contributed by atoms with van der Waals surface area (Å²) in [5.41, 5.74) is 5.83. The van der Waals surface area contributed by atoms with E-state index in [4.69, 9.17) is 4.98 Å². The second-order valence-electron chi connectivity index (χ2n) is 9.91. The highest BCUT2D eigenvalue weighted by Crippen LogP contribution is 2.33. The minimum atomic E-state index is -3.68. The third kappa shape index (κ3) is 4.72. The van der Waals surface area contributed by atoms with Crippen LogP contribution in [0.3, 0.4) is 0 Å². The Morgan fingerprint density at radius 2 is 1.74 bits per heavy atom. The number of anilines is 1. The molecule has 0 radical (unpaired) electrons. The number of carbonyl (C=O) groups is 1. The number of fused-ring (bicyclic) bond motifs is 1. The molecule has 0 bridgehead atoms. The molecule has 1 aliphatic rings. The van der Waals surface area contributed by atoms with Crippen molar-refractivity contribution >= 4 is 27.3 Å². The normalized spacial score (nSPS) is 14.6. The molecule has 2 aromatic heterocycles. The number of amides is 1. The van der Waals surface area contributed by atoms with Gasteiger partial charge in [0.05, 0.1) is 10.5 Å². The van der Waals surface area contributed by atoms with E-state index in [9.17, 15) is 13.2 Å². The molecule has 0 aliphatic carbocycles. The van der Waals surface area contributed by atoms with E-state index >= 15 is 0 Å². The van der Waals surface area contributed by atoms with Crippen LogP contribution in [0.25, 0.3) is 16.8 Å². The minimum absolute atomic E-state index is 0.197. The van der Waals surface area contributed by atoms with Crippen molar-refractivity contribution in [3.05, 3.63) is 76.7 Å². The van der Waals surface area contributed by atoms with Gasteiger partial charge in [-0.2, -0.15) is 9.40 Å². The lowest BCUT2D eigenvalue weighted by molar-refractivity contribution is 0.102. The third-order valence-corrected chi connectivity index (χ3v) is 9.21. The standard InChI is InChI=1S/C29H33N5O3S/c1-5-22-11-7-8-12-24(22)31-29(35)27-26(28-30-20(3)17-21(4)34(28)32-27)23-14-13-19(2)25(18-23)38(36,37)33-15-9-6-10-16-33/h7-8,11-14,17-18H,5-6,9-10,15-16H2,1-4H3,(H,31,35). The molecule has 8 nitrogen and oxygen atoms in total. The van der Waals surface area contributed by atoms with E-state index in [1.165, 1.54) is 0 Å². The molecule has 1 amide bonds. The van der Waals surface area contributed by atoms with Gasteiger partial charge in [-0.25, -0.2) is 17.9 Å². The van der Waals surface area contributed by atoms with Gasteiger partial charge in [-0.15, -0.1) is 0 Å². The van der Waals surface area contributed by atoms with E-state index < -0.39 is 10.0 Å². The number of benzene rings is 2. The molecule has 0 spiro atoms. The highest BCUT2D eigenvalue weighted by atomic mass is 32.2. The van der Waals surface area contributed by atoms with Crippen LogP contribution in [0.15, 0.2) is 53.4 Å². The minimum Gasteiger partial charge on any atom is -0.320 e. The van der Waals surface area contributed by atoms with Crippen molar-refractivity contribution in [1.82, 2.24) is 18.9 Å². The van der Waals surface area contributed by atoms with Gasteiger partial charge in [0.25, 0.3) is 5.91 Å². The number of rotatable bonds is 6. The van der Waals surface area contributed by atoms with Crippen LogP contribution in [-0.4, -0.2) is 46.3 Å². The SMILES string of the molecule is CCc1ccccc1NC(=O)c1nn2c(C)cc(C)nc2c1-c1ccc(C)c(S(=O)(=O)N2CCCCC2)c1. The van der Waals surface area contributed by atoms with E-state index in [0.717, 1.165) is 48.3 Å². The number of hydrogen-bond donors (Lipinski definition) is 1. The molecule has 4 aromatic rings. The molecular weight excluding hydrogens is 498 g/mol. The molecule has 1 saturated heterocycles. The molecule has 1 N–H and O–H groups in total. The van der Waals surface area contributed by atoms with Crippen molar-refractivity contribution in [3.63, 3.8) is 0 Å². The maximum absolute atomic E-state index is 13.7. The number of para-hydroxylation sites is 1. The third-order valence-electron chi connectivity index (χ3n) is 7.17. The van der Waals surface area contributed by atoms with E-state index in [1.54, 1.807) is 27.9 Å². The highest BCUT2D eigenvalue weighted by Gasteiger charge is 2.29. The molecule has 198 valence electrons. The lowest BCUT2D eigenvalue weighted by Gasteiger charge is -2.26. The number of aromatic nitrogens is 3. The van der Waals surface area contributed by atoms with Gasteiger partial charge in [0.2, 0.25) is 10.0 Å². The second kappa shape index (κ2) is 10.3. The summed E-state index contributed by atoms with van der Waals surface area (Å²) in [5.74, 6) is -0.371. The number of nitrogens with zero attached hydrogens (tertiary/aromatic N) is 4. The summed E-state index contributed by atoms with van der Waals surface area (Å²) in [7, 11) is -3.68. The van der Waals surface area contributed by atoms with Crippen LogP contribution in [0.4, 0.5) is 5.69 Å². The fourth-order valence-corrected chi connectivity index (χ4v) is 6.92. The fraction of sp³-hybridized carbons (Fsp3) is 0.345. The monoisotopic (exact) mass is 531 g/mol. The summed E-state index contributed by atoms with van der Waals surface area (Å²) in [4.78, 5) is 18.7. The van der Waals surface area contributed by atoms with E-state index in [2.05, 4.69) is 10.4 Å². The van der Waals surface area contributed by atoms with Crippen LogP contribution in [0.2, 0.25) is 0 Å². The van der Waals surface area contributed by atoms with Crippen molar-refractivity contribution in [3.8, 4) is 11.1 Å². The lowest BCUT2D eigenvalue weighted by atomic mass is 10.0. The molecular formula is C29H33N5O3S. The molecule has 3 heterocycles. The largest absolute Gasteiger partial charge is 0.320 e. The Morgan fingerprint density at radius 1 is 1.00 bits per heavy atom. The molecule has 5 rings (SSSR count). The maximum Gasteiger partial charge on any atom is 0.276 e. The van der Waals surface area contributed by atoms with Gasteiger partial charge in [0, 0.05) is 30.2 Å². The summed E-state index contributed by atoms with van der Waals surface area (Å²) in [6.45, 7) is 8.68. The average Bonchev–Trinajstić information content (AvgIpc) is 3.29. The Bertz CT molecular complexity index is 1640. The first-order valence-electron chi connectivity index (χ1n) is 13.1. The summed E-state index contributed by atoms with van der Waals surface area (Å²) in [5, 5.41) is 7.69. The van der Waals surface area contributed by atoms with Crippen LogP contribution in [0.1, 0.15) is 59.2 Å². The number of piperidine rings is 1. The molecule has 1 fully saturated rings. The first-order chi connectivity index (χ1) is 18.2. The van der Waals surface area contributed by atoms with Crippen molar-refractivity contribution < 1.29 is 13.2 Å². The van der Waals surface area contributed by atoms with Gasteiger partial charge in [-0.1, -0.05) is 43.7 Å². The zero-order valence-corrected chi connectivity index (χ0v) is 23.1. The van der Waals surface area contributed by atoms with Crippen LogP contribution in [0, 0.1) is 20.8 Å². The Hall–Kier alpha value is -3.56. The first-order valence-corrected chi connectivity index (χ1v) is 14.5. The Labute approximate surface area is 223 Å². The number of sulfonamides is 1. The smallest absolute Gasteiger partial charge is 0.276 e. The summed E-state index contributed by atoms with van der Waals surface area (Å²) < 4.78 is 30.5. The van der Waals surface area contributed by atoms with Gasteiger partial charge in [-0.3, -0.25) is 4.79 Å². The van der Waals surface area contributed by atoms with Crippen LogP contribution in [-0.2, 0) is 16.4 Å². The highest BCUT2D eigenvalue weighted by molar-refractivity contribution is 7.89. The fourth-order valence-electron chi connectivity index (χ4n) is 5.16. The molecule has 38 heavy (non-hydrogen) atoms. The number of nitrogens with one attached hydrogen (secondary N) is 1. The number of carbonyl (C=O) groups excluding carboxylic acids is 1. The summed E-state index contributed by atoms with van der Waals surface area (Å²) >= 11 is 0. The zero-order chi connectivity index (χ0) is 27.0. The van der Waals surface area contributed by atoms with Crippen molar-refractivity contribution in [2.45, 2.75) is 58.3 Å². The van der Waals surface area contributed by atoms with E-state index in [-0.39, 0.29) is 16.5 Å². The predicted octanol–water partition coefficient (Wildman–Crippen LogP) is 5.31.